The van der Waals surface area contributed by atoms with Gasteiger partial charge in [0, 0.05) is 18.2 Å². The summed E-state index contributed by atoms with van der Waals surface area (Å²) >= 11 is 0. The molecule has 0 saturated heterocycles. The number of hydrogen-bond acceptors (Lipinski definition) is 2. The molecule has 1 heterocycles. The summed E-state index contributed by atoms with van der Waals surface area (Å²) in [4.78, 5) is 4.93. The maximum Gasteiger partial charge on any atom is 0.113 e. The number of imidazole rings is 1. The van der Waals surface area contributed by atoms with Crippen LogP contribution in [0.1, 0.15) is 50.3 Å². The van der Waals surface area contributed by atoms with E-state index in [1.165, 1.54) is 56.4 Å². The van der Waals surface area contributed by atoms with Crippen molar-refractivity contribution in [2.75, 3.05) is 5.73 Å². The highest BCUT2D eigenvalue weighted by Crippen LogP contribution is 2.51. The number of benzene rings is 1. The Morgan fingerprint density at radius 3 is 2.43 bits per heavy atom. The first kappa shape index (κ1) is 12.1. The smallest absolute Gasteiger partial charge is 0.113 e. The van der Waals surface area contributed by atoms with Gasteiger partial charge in [-0.3, -0.25) is 0 Å². The minimum Gasteiger partial charge on any atom is -0.399 e. The number of hydrogen-bond donors (Lipinski definition) is 1. The second-order valence-corrected chi connectivity index (χ2v) is 7.44. The topological polar surface area (TPSA) is 43.8 Å². The molecule has 5 rings (SSSR count). The predicted molar refractivity (Wildman–Crippen MR) is 85.1 cm³/mol. The van der Waals surface area contributed by atoms with Crippen LogP contribution in [-0.2, 0) is 6.54 Å². The van der Waals surface area contributed by atoms with Gasteiger partial charge in [-0.25, -0.2) is 4.98 Å². The highest BCUT2D eigenvalue weighted by molar-refractivity contribution is 5.79. The first-order valence-corrected chi connectivity index (χ1v) is 8.55. The maximum absolute atomic E-state index is 5.94. The third kappa shape index (κ3) is 2.14. The number of anilines is 1. The van der Waals surface area contributed by atoms with Crippen LogP contribution in [0.2, 0.25) is 0 Å². The fourth-order valence-electron chi connectivity index (χ4n) is 3.95. The summed E-state index contributed by atoms with van der Waals surface area (Å²) in [7, 11) is 0. The summed E-state index contributed by atoms with van der Waals surface area (Å²) in [6, 6.07) is 6.25. The lowest BCUT2D eigenvalue weighted by Crippen LogP contribution is -2.16. The zero-order valence-corrected chi connectivity index (χ0v) is 12.5. The third-order valence-electron chi connectivity index (χ3n) is 5.59. The molecule has 110 valence electrons. The van der Waals surface area contributed by atoms with Crippen LogP contribution in [-0.4, -0.2) is 9.55 Å². The second kappa shape index (κ2) is 4.25. The standard InChI is InChI=1S/C18H23N3/c19-14-7-8-17-16(9-14)20-18(13-5-6-13)21(17)10-15(11-1-2-11)12-3-4-12/h7-9,11-13,15H,1-6,10,19H2. The summed E-state index contributed by atoms with van der Waals surface area (Å²) in [6.45, 7) is 1.20. The van der Waals surface area contributed by atoms with Crippen molar-refractivity contribution < 1.29 is 0 Å². The third-order valence-corrected chi connectivity index (χ3v) is 5.59. The minimum atomic E-state index is 0.706. The monoisotopic (exact) mass is 281 g/mol. The summed E-state index contributed by atoms with van der Waals surface area (Å²) in [5.74, 6) is 4.93. The molecule has 0 radical (unpaired) electrons. The summed E-state index contributed by atoms with van der Waals surface area (Å²) in [6.07, 6.45) is 8.46. The van der Waals surface area contributed by atoms with Crippen LogP contribution in [0.4, 0.5) is 5.69 Å². The number of rotatable bonds is 5. The lowest BCUT2D eigenvalue weighted by Gasteiger charge is -2.18. The molecule has 3 nitrogen and oxygen atoms in total. The van der Waals surface area contributed by atoms with Gasteiger partial charge in [0.15, 0.2) is 0 Å². The maximum atomic E-state index is 5.94. The second-order valence-electron chi connectivity index (χ2n) is 7.44. The van der Waals surface area contributed by atoms with Gasteiger partial charge in [-0.2, -0.15) is 0 Å². The molecule has 0 amide bonds. The number of aromatic nitrogens is 2. The van der Waals surface area contributed by atoms with Gasteiger partial charge in [0.2, 0.25) is 0 Å². The van der Waals surface area contributed by atoms with E-state index in [1.54, 1.807) is 0 Å². The normalized spacial score (nSPS) is 22.3. The molecule has 3 heteroatoms. The van der Waals surface area contributed by atoms with Gasteiger partial charge >= 0.3 is 0 Å². The summed E-state index contributed by atoms with van der Waals surface area (Å²) in [5, 5.41) is 0. The van der Waals surface area contributed by atoms with Gasteiger partial charge in [-0.05, 0) is 74.5 Å². The number of nitrogens with two attached hydrogens (primary N) is 1. The Labute approximate surface area is 125 Å². The molecular weight excluding hydrogens is 258 g/mol. The molecule has 0 unspecified atom stereocenters. The van der Waals surface area contributed by atoms with Gasteiger partial charge < -0.3 is 10.3 Å². The van der Waals surface area contributed by atoms with Crippen LogP contribution in [0.5, 0.6) is 0 Å². The predicted octanol–water partition coefficient (Wildman–Crippen LogP) is 3.93. The fraction of sp³-hybridized carbons (Fsp3) is 0.611. The van der Waals surface area contributed by atoms with E-state index in [2.05, 4.69) is 10.6 Å². The van der Waals surface area contributed by atoms with Crippen LogP contribution in [0.3, 0.4) is 0 Å². The van der Waals surface area contributed by atoms with E-state index < -0.39 is 0 Å². The van der Waals surface area contributed by atoms with Crippen molar-refractivity contribution in [3.05, 3.63) is 24.0 Å². The van der Waals surface area contributed by atoms with E-state index in [1.807, 2.05) is 12.1 Å². The van der Waals surface area contributed by atoms with Crippen molar-refractivity contribution in [2.45, 2.75) is 51.0 Å². The van der Waals surface area contributed by atoms with Crippen molar-refractivity contribution in [2.24, 2.45) is 17.8 Å². The average molecular weight is 281 g/mol. The SMILES string of the molecule is Nc1ccc2c(c1)nc(C1CC1)n2CC(C1CC1)C1CC1. The van der Waals surface area contributed by atoms with Gasteiger partial charge in [0.25, 0.3) is 0 Å². The molecule has 1 aromatic carbocycles. The van der Waals surface area contributed by atoms with E-state index in [9.17, 15) is 0 Å². The van der Waals surface area contributed by atoms with E-state index in [4.69, 9.17) is 10.7 Å². The van der Waals surface area contributed by atoms with Gasteiger partial charge in [-0.15, -0.1) is 0 Å². The van der Waals surface area contributed by atoms with Crippen molar-refractivity contribution >= 4 is 16.7 Å². The molecule has 0 bridgehead atoms. The number of nitrogen functional groups attached to an aromatic ring is 1. The number of nitrogens with zero attached hydrogens (tertiary/aromatic N) is 2. The summed E-state index contributed by atoms with van der Waals surface area (Å²) < 4.78 is 2.55. The molecule has 0 atom stereocenters. The minimum absolute atomic E-state index is 0.706. The molecule has 0 spiro atoms. The Bertz CT molecular complexity index is 678. The molecule has 3 fully saturated rings. The Balaban J connectivity index is 1.57. The molecule has 21 heavy (non-hydrogen) atoms. The first-order valence-electron chi connectivity index (χ1n) is 8.55. The van der Waals surface area contributed by atoms with Crippen molar-refractivity contribution in [1.82, 2.24) is 9.55 Å². The van der Waals surface area contributed by atoms with Crippen LogP contribution in [0.15, 0.2) is 18.2 Å². The molecule has 1 aromatic heterocycles. The molecule has 2 N–H and O–H groups in total. The number of fused-ring (bicyclic) bond motifs is 1. The van der Waals surface area contributed by atoms with E-state index >= 15 is 0 Å². The highest BCUT2D eigenvalue weighted by atomic mass is 15.1. The Hall–Kier alpha value is -1.51. The molecule has 0 aliphatic heterocycles. The van der Waals surface area contributed by atoms with Crippen LogP contribution < -0.4 is 5.73 Å². The van der Waals surface area contributed by atoms with Crippen LogP contribution in [0, 0.1) is 17.8 Å². The van der Waals surface area contributed by atoms with Crippen molar-refractivity contribution in [1.29, 1.82) is 0 Å². The quantitative estimate of drug-likeness (QED) is 0.844. The van der Waals surface area contributed by atoms with E-state index in [0.717, 1.165) is 29.0 Å². The molecule has 3 aliphatic rings. The fourth-order valence-corrected chi connectivity index (χ4v) is 3.95. The first-order chi connectivity index (χ1) is 10.3. The zero-order valence-electron chi connectivity index (χ0n) is 12.5. The lowest BCUT2D eigenvalue weighted by molar-refractivity contribution is 0.348. The van der Waals surface area contributed by atoms with Crippen LogP contribution >= 0.6 is 0 Å². The highest BCUT2D eigenvalue weighted by Gasteiger charge is 2.42. The van der Waals surface area contributed by atoms with Gasteiger partial charge in [0.05, 0.1) is 11.0 Å². The Morgan fingerprint density at radius 2 is 1.81 bits per heavy atom. The lowest BCUT2D eigenvalue weighted by atomic mass is 9.97. The zero-order chi connectivity index (χ0) is 14.0. The van der Waals surface area contributed by atoms with Crippen molar-refractivity contribution in [3.63, 3.8) is 0 Å². The molecule has 2 aromatic rings. The largest absolute Gasteiger partial charge is 0.399 e. The molecule has 3 aliphatic carbocycles. The average Bonchev–Trinajstić information content (AvgIpc) is 3.36. The molecular formula is C18H23N3. The Morgan fingerprint density at radius 1 is 1.10 bits per heavy atom. The van der Waals surface area contributed by atoms with E-state index in [-0.39, 0.29) is 0 Å². The van der Waals surface area contributed by atoms with Gasteiger partial charge in [0.1, 0.15) is 5.82 Å². The summed E-state index contributed by atoms with van der Waals surface area (Å²) in [5.41, 5.74) is 9.17. The Kier molecular flexibility index (Phi) is 2.44. The molecule has 3 saturated carbocycles. The van der Waals surface area contributed by atoms with Gasteiger partial charge in [-0.1, -0.05) is 0 Å². The van der Waals surface area contributed by atoms with Crippen LogP contribution in [0.25, 0.3) is 11.0 Å². The van der Waals surface area contributed by atoms with E-state index in [0.29, 0.717) is 5.92 Å². The van der Waals surface area contributed by atoms with Crippen molar-refractivity contribution in [3.8, 4) is 0 Å².